The van der Waals surface area contributed by atoms with Crippen molar-refractivity contribution in [2.24, 2.45) is 0 Å². The summed E-state index contributed by atoms with van der Waals surface area (Å²) in [5.74, 6) is 2.96. The summed E-state index contributed by atoms with van der Waals surface area (Å²) in [6.45, 7) is 0.882. The molecule has 1 aliphatic rings. The van der Waals surface area contributed by atoms with E-state index in [1.165, 1.54) is 17.7 Å². The lowest BCUT2D eigenvalue weighted by molar-refractivity contribution is -0.0633. The fourth-order valence-electron chi connectivity index (χ4n) is 7.16. The number of rotatable bonds is 16. The van der Waals surface area contributed by atoms with E-state index in [1.54, 1.807) is 44.6 Å². The highest BCUT2D eigenvalue weighted by atomic mass is 79.9. The van der Waals surface area contributed by atoms with E-state index in [9.17, 15) is 8.42 Å². The van der Waals surface area contributed by atoms with Gasteiger partial charge >= 0.3 is 10.1 Å². The molecule has 1 heterocycles. The van der Waals surface area contributed by atoms with Crippen LogP contribution in [0.15, 0.2) is 155 Å². The quantitative estimate of drug-likeness (QED) is 0.0890. The van der Waals surface area contributed by atoms with Crippen LogP contribution in [0.25, 0.3) is 0 Å². The zero-order valence-electron chi connectivity index (χ0n) is 31.9. The second kappa shape index (κ2) is 18.8. The minimum atomic E-state index is -3.99. The van der Waals surface area contributed by atoms with E-state index in [-0.39, 0.29) is 28.8 Å². The van der Waals surface area contributed by atoms with Gasteiger partial charge in [0.15, 0.2) is 0 Å². The molecule has 0 radical (unpaired) electrons. The molecule has 1 saturated heterocycles. The summed E-state index contributed by atoms with van der Waals surface area (Å²) in [6.07, 6.45) is 2.49. The van der Waals surface area contributed by atoms with Crippen molar-refractivity contribution in [2.75, 3.05) is 14.2 Å². The molecule has 57 heavy (non-hydrogen) atoms. The first-order chi connectivity index (χ1) is 27.8. The summed E-state index contributed by atoms with van der Waals surface area (Å²) in [6, 6.07) is 45.6. The second-order valence-electron chi connectivity index (χ2n) is 13.9. The molecular weight excluding hydrogens is 804 g/mol. The molecule has 0 N–H and O–H groups in total. The average molecular weight is 850 g/mol. The maximum Gasteiger partial charge on any atom is 0.339 e. The Hall–Kier alpha value is -5.29. The zero-order valence-corrected chi connectivity index (χ0v) is 34.3. The first kappa shape index (κ1) is 39.9. The molecule has 3 atom stereocenters. The molecule has 6 aromatic carbocycles. The molecule has 0 aliphatic carbocycles. The topological polar surface area (TPSA) is 89.5 Å². The number of aryl methyl sites for hydroxylation is 1. The van der Waals surface area contributed by atoms with E-state index >= 15 is 0 Å². The van der Waals surface area contributed by atoms with Crippen LogP contribution in [0, 0.1) is 0 Å². The third kappa shape index (κ3) is 10.2. The fraction of sp³-hybridized carbons (Fsp3) is 0.234. The molecular formula is C47H45BrO8S. The highest BCUT2D eigenvalue weighted by Crippen LogP contribution is 2.52. The van der Waals surface area contributed by atoms with Gasteiger partial charge in [0.1, 0.15) is 51.3 Å². The van der Waals surface area contributed by atoms with E-state index in [0.717, 1.165) is 47.3 Å². The fourth-order valence-corrected chi connectivity index (χ4v) is 8.77. The maximum atomic E-state index is 12.9. The molecule has 1 fully saturated rings. The Morgan fingerprint density at radius 1 is 0.649 bits per heavy atom. The van der Waals surface area contributed by atoms with Gasteiger partial charge in [0, 0.05) is 11.6 Å². The minimum Gasteiger partial charge on any atom is -0.495 e. The van der Waals surface area contributed by atoms with Gasteiger partial charge in [-0.15, -0.1) is 0 Å². The zero-order chi connectivity index (χ0) is 39.6. The lowest BCUT2D eigenvalue weighted by Crippen LogP contribution is -2.28. The Bertz CT molecular complexity index is 2300. The van der Waals surface area contributed by atoms with Crippen LogP contribution in [0.5, 0.6) is 28.7 Å². The van der Waals surface area contributed by atoms with Gasteiger partial charge in [-0.3, -0.25) is 0 Å². The molecule has 0 amide bonds. The summed E-state index contributed by atoms with van der Waals surface area (Å²) >= 11 is 3.75. The van der Waals surface area contributed by atoms with E-state index < -0.39 is 10.1 Å². The van der Waals surface area contributed by atoms with Gasteiger partial charge < -0.3 is 27.9 Å². The normalized spacial score (nSPS) is 16.7. The Morgan fingerprint density at radius 2 is 1.25 bits per heavy atom. The molecule has 0 unspecified atom stereocenters. The SMILES string of the molecule is COc1cc(OCc2ccccc2)c([C@@H]2C[C@H](CCc3ccc(OCc4ccccc4)cc3)O[C@H](c3ccc(OS(=O)(=O)c4ccccc4)cc3)C2)c(OC)c1Br. The molecule has 0 bridgehead atoms. The number of hydrogen-bond donors (Lipinski definition) is 0. The molecule has 0 spiro atoms. The predicted octanol–water partition coefficient (Wildman–Crippen LogP) is 11.0. The number of halogens is 1. The highest BCUT2D eigenvalue weighted by molar-refractivity contribution is 9.10. The third-order valence-corrected chi connectivity index (χ3v) is 12.1. The van der Waals surface area contributed by atoms with Gasteiger partial charge in [-0.25, -0.2) is 0 Å². The molecule has 8 nitrogen and oxygen atoms in total. The number of benzene rings is 6. The van der Waals surface area contributed by atoms with Crippen molar-refractivity contribution in [1.82, 2.24) is 0 Å². The largest absolute Gasteiger partial charge is 0.495 e. The van der Waals surface area contributed by atoms with Crippen LogP contribution in [-0.4, -0.2) is 28.7 Å². The molecule has 1 aliphatic heterocycles. The summed E-state index contributed by atoms with van der Waals surface area (Å²) in [7, 11) is -0.700. The third-order valence-electron chi connectivity index (χ3n) is 10.1. The van der Waals surface area contributed by atoms with Gasteiger partial charge in [0.2, 0.25) is 0 Å². The van der Waals surface area contributed by atoms with Gasteiger partial charge in [-0.1, -0.05) is 103 Å². The number of hydrogen-bond acceptors (Lipinski definition) is 8. The van der Waals surface area contributed by atoms with Crippen LogP contribution < -0.4 is 23.1 Å². The van der Waals surface area contributed by atoms with Gasteiger partial charge in [-0.05, 0) is 106 Å². The van der Waals surface area contributed by atoms with Gasteiger partial charge in [0.25, 0.3) is 0 Å². The van der Waals surface area contributed by atoms with Crippen LogP contribution in [-0.2, 0) is 34.5 Å². The smallest absolute Gasteiger partial charge is 0.339 e. The first-order valence-electron chi connectivity index (χ1n) is 18.9. The second-order valence-corrected chi connectivity index (χ2v) is 16.2. The van der Waals surface area contributed by atoms with Gasteiger partial charge in [-0.2, -0.15) is 8.42 Å². The lowest BCUT2D eigenvalue weighted by atomic mass is 9.81. The van der Waals surface area contributed by atoms with Crippen LogP contribution in [0.4, 0.5) is 0 Å². The first-order valence-corrected chi connectivity index (χ1v) is 21.1. The van der Waals surface area contributed by atoms with Crippen molar-refractivity contribution < 1.29 is 36.3 Å². The van der Waals surface area contributed by atoms with Crippen LogP contribution in [0.2, 0.25) is 0 Å². The van der Waals surface area contributed by atoms with Crippen molar-refractivity contribution in [3.63, 3.8) is 0 Å². The molecule has 6 aromatic rings. The Kier molecular flexibility index (Phi) is 13.1. The van der Waals surface area contributed by atoms with Crippen LogP contribution in [0.1, 0.15) is 59.1 Å². The summed E-state index contributed by atoms with van der Waals surface area (Å²) in [5.41, 5.74) is 5.19. The Labute approximate surface area is 343 Å². The summed E-state index contributed by atoms with van der Waals surface area (Å²) in [4.78, 5) is 0.0922. The van der Waals surface area contributed by atoms with Gasteiger partial charge in [0.05, 0.1) is 26.4 Å². The van der Waals surface area contributed by atoms with Crippen molar-refractivity contribution in [2.45, 2.75) is 61.9 Å². The standard InChI is InChI=1S/C47H45BrO8S/c1-51-44-30-43(54-32-35-14-8-4-9-15-35)45(47(52-2)46(44)48)37-28-40(25-20-33-18-23-38(24-19-33)53-31-34-12-6-3-7-13-34)55-42(29-37)36-21-26-39(27-22-36)56-57(49,50)41-16-10-5-11-17-41/h3-19,21-24,26-27,30,37,40,42H,20,25,28-29,31-32H2,1-2H3/t37-,40+,42+/m1/s1. The molecule has 0 saturated carbocycles. The lowest BCUT2D eigenvalue weighted by Gasteiger charge is -2.37. The van der Waals surface area contributed by atoms with E-state index in [2.05, 4.69) is 40.2 Å². The van der Waals surface area contributed by atoms with Crippen molar-refractivity contribution in [3.8, 4) is 28.7 Å². The van der Waals surface area contributed by atoms with Crippen molar-refractivity contribution in [1.29, 1.82) is 0 Å². The number of methoxy groups -OCH3 is 2. The average Bonchev–Trinajstić information content (AvgIpc) is 3.25. The van der Waals surface area contributed by atoms with Crippen molar-refractivity contribution >= 4 is 26.0 Å². The Balaban J connectivity index is 1.15. The van der Waals surface area contributed by atoms with E-state index in [1.807, 2.05) is 78.9 Å². The highest BCUT2D eigenvalue weighted by Gasteiger charge is 2.36. The van der Waals surface area contributed by atoms with Crippen molar-refractivity contribution in [3.05, 3.63) is 178 Å². The summed E-state index contributed by atoms with van der Waals surface area (Å²) < 4.78 is 63.4. The Morgan fingerprint density at radius 3 is 1.86 bits per heavy atom. The predicted molar refractivity (Wildman–Crippen MR) is 224 cm³/mol. The number of ether oxygens (including phenoxy) is 5. The summed E-state index contributed by atoms with van der Waals surface area (Å²) in [5, 5.41) is 0. The minimum absolute atomic E-state index is 0.0279. The maximum absolute atomic E-state index is 12.9. The molecule has 7 rings (SSSR count). The van der Waals surface area contributed by atoms with Crippen LogP contribution >= 0.6 is 15.9 Å². The van der Waals surface area contributed by atoms with Crippen LogP contribution in [0.3, 0.4) is 0 Å². The molecule has 294 valence electrons. The molecule has 0 aromatic heterocycles. The molecule has 10 heteroatoms. The van der Waals surface area contributed by atoms with E-state index in [0.29, 0.717) is 41.4 Å². The monoisotopic (exact) mass is 848 g/mol. The van der Waals surface area contributed by atoms with E-state index in [4.69, 9.17) is 27.9 Å².